The molecule has 1 fully saturated rings. The molecule has 1 aliphatic rings. The van der Waals surface area contributed by atoms with Crippen LogP contribution in [0.5, 0.6) is 0 Å². The summed E-state index contributed by atoms with van der Waals surface area (Å²) < 4.78 is 19.2. The predicted molar refractivity (Wildman–Crippen MR) is 66.4 cm³/mol. The minimum Gasteiger partial charge on any atom is -0.381 e. The summed E-state index contributed by atoms with van der Waals surface area (Å²) in [6.07, 6.45) is 0.879. The van der Waals surface area contributed by atoms with E-state index in [9.17, 15) is 4.39 Å². The lowest BCUT2D eigenvalue weighted by Gasteiger charge is -2.33. The molecule has 0 amide bonds. The van der Waals surface area contributed by atoms with Crippen LogP contribution < -0.4 is 5.73 Å². The number of hydrogen-bond acceptors (Lipinski definition) is 2. The molecule has 17 heavy (non-hydrogen) atoms. The van der Waals surface area contributed by atoms with E-state index in [1.165, 1.54) is 6.07 Å². The summed E-state index contributed by atoms with van der Waals surface area (Å²) in [6, 6.07) is 4.40. The topological polar surface area (TPSA) is 35.2 Å². The highest BCUT2D eigenvalue weighted by molar-refractivity contribution is 6.30. The molecule has 1 aliphatic heterocycles. The highest BCUT2D eigenvalue weighted by Crippen LogP contribution is 2.33. The molecule has 1 aromatic carbocycles. The van der Waals surface area contributed by atoms with Crippen molar-refractivity contribution in [3.8, 4) is 0 Å². The quantitative estimate of drug-likeness (QED) is 0.883. The van der Waals surface area contributed by atoms with Crippen LogP contribution in [-0.2, 0) is 4.74 Å². The molecule has 2 N–H and O–H groups in total. The summed E-state index contributed by atoms with van der Waals surface area (Å²) in [7, 11) is 0. The number of hydrogen-bond donors (Lipinski definition) is 1. The van der Waals surface area contributed by atoms with E-state index in [0.717, 1.165) is 6.42 Å². The summed E-state index contributed by atoms with van der Waals surface area (Å²) in [5.74, 6) is 0.303. The molecule has 1 heterocycles. The van der Waals surface area contributed by atoms with Gasteiger partial charge in [-0.25, -0.2) is 4.39 Å². The Labute approximate surface area is 106 Å². The lowest BCUT2D eigenvalue weighted by molar-refractivity contribution is 0.0151. The van der Waals surface area contributed by atoms with Crippen LogP contribution in [0.2, 0.25) is 5.02 Å². The zero-order valence-electron chi connectivity index (χ0n) is 9.83. The number of ether oxygens (including phenoxy) is 1. The van der Waals surface area contributed by atoms with Crippen LogP contribution in [-0.4, -0.2) is 13.2 Å². The van der Waals surface area contributed by atoms with Gasteiger partial charge in [0.2, 0.25) is 0 Å². The molecule has 0 aliphatic carbocycles. The number of rotatable bonds is 2. The van der Waals surface area contributed by atoms with Gasteiger partial charge in [-0.15, -0.1) is 0 Å². The van der Waals surface area contributed by atoms with Gasteiger partial charge in [0, 0.05) is 29.8 Å². The van der Waals surface area contributed by atoms with Crippen molar-refractivity contribution in [1.82, 2.24) is 0 Å². The molecule has 0 spiro atoms. The van der Waals surface area contributed by atoms with Crippen LogP contribution in [0.1, 0.15) is 24.9 Å². The second-order valence-electron chi connectivity index (χ2n) is 4.70. The minimum atomic E-state index is -0.316. The van der Waals surface area contributed by atoms with Gasteiger partial charge in [-0.1, -0.05) is 24.6 Å². The van der Waals surface area contributed by atoms with Crippen LogP contribution in [0, 0.1) is 17.7 Å². The second-order valence-corrected chi connectivity index (χ2v) is 5.13. The van der Waals surface area contributed by atoms with Gasteiger partial charge in [-0.3, -0.25) is 0 Å². The average molecular weight is 258 g/mol. The molecule has 0 radical (unpaired) electrons. The van der Waals surface area contributed by atoms with Crippen molar-refractivity contribution in [2.45, 2.75) is 19.4 Å². The normalized spacial score (nSPS) is 26.8. The largest absolute Gasteiger partial charge is 0.381 e. The number of benzene rings is 1. The van der Waals surface area contributed by atoms with E-state index in [4.69, 9.17) is 22.1 Å². The SMILES string of the molecule is CC1COCCC1C(N)c1ccc(Cl)cc1F. The Hall–Kier alpha value is -0.640. The van der Waals surface area contributed by atoms with Crippen molar-refractivity contribution < 1.29 is 9.13 Å². The van der Waals surface area contributed by atoms with Crippen LogP contribution in [0.3, 0.4) is 0 Å². The molecule has 94 valence electrons. The Morgan fingerprint density at radius 1 is 1.53 bits per heavy atom. The maximum atomic E-state index is 13.8. The van der Waals surface area contributed by atoms with Crippen LogP contribution in [0.4, 0.5) is 4.39 Å². The highest BCUT2D eigenvalue weighted by Gasteiger charge is 2.29. The van der Waals surface area contributed by atoms with E-state index in [2.05, 4.69) is 6.92 Å². The Balaban J connectivity index is 2.20. The zero-order chi connectivity index (χ0) is 12.4. The van der Waals surface area contributed by atoms with E-state index in [1.54, 1.807) is 12.1 Å². The first-order chi connectivity index (χ1) is 8.09. The maximum absolute atomic E-state index is 13.8. The third-order valence-electron chi connectivity index (χ3n) is 3.49. The summed E-state index contributed by atoms with van der Waals surface area (Å²) in [4.78, 5) is 0. The van der Waals surface area contributed by atoms with Gasteiger partial charge in [-0.2, -0.15) is 0 Å². The first-order valence-corrected chi connectivity index (χ1v) is 6.25. The van der Waals surface area contributed by atoms with Gasteiger partial charge in [0.15, 0.2) is 0 Å². The standard InChI is InChI=1S/C13H17ClFNO/c1-8-7-17-5-4-10(8)13(16)11-3-2-9(14)6-12(11)15/h2-3,6,8,10,13H,4-5,7,16H2,1H3. The molecule has 0 saturated carbocycles. The molecular formula is C13H17ClFNO. The summed E-state index contributed by atoms with van der Waals surface area (Å²) >= 11 is 5.74. The Bertz CT molecular complexity index is 399. The van der Waals surface area contributed by atoms with Gasteiger partial charge in [0.1, 0.15) is 5.82 Å². The molecule has 2 rings (SSSR count). The molecule has 2 nitrogen and oxygen atoms in total. The van der Waals surface area contributed by atoms with Gasteiger partial charge in [0.05, 0.1) is 0 Å². The summed E-state index contributed by atoms with van der Waals surface area (Å²) in [6.45, 7) is 3.50. The molecule has 3 unspecified atom stereocenters. The molecular weight excluding hydrogens is 241 g/mol. The minimum absolute atomic E-state index is 0.263. The van der Waals surface area contributed by atoms with E-state index >= 15 is 0 Å². The Morgan fingerprint density at radius 2 is 2.29 bits per heavy atom. The van der Waals surface area contributed by atoms with Gasteiger partial charge >= 0.3 is 0 Å². The van der Waals surface area contributed by atoms with Crippen molar-refractivity contribution in [2.75, 3.05) is 13.2 Å². The van der Waals surface area contributed by atoms with Crippen molar-refractivity contribution in [2.24, 2.45) is 17.6 Å². The number of nitrogens with two attached hydrogens (primary N) is 1. The average Bonchev–Trinajstić information content (AvgIpc) is 2.29. The van der Waals surface area contributed by atoms with Crippen molar-refractivity contribution in [3.63, 3.8) is 0 Å². The number of halogens is 2. The summed E-state index contributed by atoms with van der Waals surface area (Å²) in [5.41, 5.74) is 6.72. The first-order valence-electron chi connectivity index (χ1n) is 5.88. The second kappa shape index (κ2) is 5.34. The third-order valence-corrected chi connectivity index (χ3v) is 3.73. The third kappa shape index (κ3) is 2.79. The predicted octanol–water partition coefficient (Wildman–Crippen LogP) is 3.15. The van der Waals surface area contributed by atoms with Crippen molar-refractivity contribution >= 4 is 11.6 Å². The molecule has 0 aromatic heterocycles. The smallest absolute Gasteiger partial charge is 0.129 e. The van der Waals surface area contributed by atoms with Gasteiger partial charge in [0.25, 0.3) is 0 Å². The van der Waals surface area contributed by atoms with Gasteiger partial charge in [-0.05, 0) is 30.4 Å². The molecule has 1 aromatic rings. The fraction of sp³-hybridized carbons (Fsp3) is 0.538. The lowest BCUT2D eigenvalue weighted by atomic mass is 9.81. The zero-order valence-corrected chi connectivity index (χ0v) is 10.6. The van der Waals surface area contributed by atoms with Crippen molar-refractivity contribution in [3.05, 3.63) is 34.6 Å². The first kappa shape index (κ1) is 12.8. The maximum Gasteiger partial charge on any atom is 0.129 e. The summed E-state index contributed by atoms with van der Waals surface area (Å²) in [5, 5.41) is 0.401. The molecule has 3 atom stereocenters. The fourth-order valence-electron chi connectivity index (χ4n) is 2.43. The van der Waals surface area contributed by atoms with Gasteiger partial charge < -0.3 is 10.5 Å². The Kier molecular flexibility index (Phi) is 4.02. The van der Waals surface area contributed by atoms with Crippen LogP contribution in [0.15, 0.2) is 18.2 Å². The molecule has 1 saturated heterocycles. The highest BCUT2D eigenvalue weighted by atomic mass is 35.5. The van der Waals surface area contributed by atoms with E-state index < -0.39 is 0 Å². The molecule has 4 heteroatoms. The van der Waals surface area contributed by atoms with E-state index in [0.29, 0.717) is 29.7 Å². The van der Waals surface area contributed by atoms with E-state index in [1.807, 2.05) is 0 Å². The lowest BCUT2D eigenvalue weighted by Crippen LogP contribution is -2.34. The van der Waals surface area contributed by atoms with Crippen LogP contribution >= 0.6 is 11.6 Å². The van der Waals surface area contributed by atoms with Crippen molar-refractivity contribution in [1.29, 1.82) is 0 Å². The van der Waals surface area contributed by atoms with E-state index in [-0.39, 0.29) is 17.8 Å². The Morgan fingerprint density at radius 3 is 2.94 bits per heavy atom. The molecule has 0 bridgehead atoms. The monoisotopic (exact) mass is 257 g/mol. The fourth-order valence-corrected chi connectivity index (χ4v) is 2.59. The van der Waals surface area contributed by atoms with Crippen LogP contribution in [0.25, 0.3) is 0 Å².